The Bertz CT molecular complexity index is 1090. The van der Waals surface area contributed by atoms with Gasteiger partial charge in [0.1, 0.15) is 22.8 Å². The second kappa shape index (κ2) is 6.70. The van der Waals surface area contributed by atoms with E-state index < -0.39 is 0 Å². The highest BCUT2D eigenvalue weighted by molar-refractivity contribution is 6.32. The molecule has 3 aromatic rings. The Kier molecular flexibility index (Phi) is 4.36. The number of fused-ring (bicyclic) bond motifs is 3. The molecule has 7 heteroatoms. The number of nitrogens with zero attached hydrogens (tertiary/aromatic N) is 1. The molecule has 1 aromatic heterocycles. The number of rotatable bonds is 3. The van der Waals surface area contributed by atoms with Gasteiger partial charge in [-0.2, -0.15) is 0 Å². The molecule has 2 aromatic carbocycles. The third-order valence-corrected chi connectivity index (χ3v) is 4.99. The SMILES string of the molecule is COc1cc(OC)c(N2COc3ccc4c(C)cc(=O)oc4c3C2)cc1Cl. The van der Waals surface area contributed by atoms with Crippen LogP contribution < -0.4 is 24.7 Å². The Morgan fingerprint density at radius 3 is 2.63 bits per heavy atom. The van der Waals surface area contributed by atoms with Gasteiger partial charge in [0, 0.05) is 17.5 Å². The fourth-order valence-corrected chi connectivity index (χ4v) is 3.57. The number of hydrogen-bond donors (Lipinski definition) is 0. The maximum Gasteiger partial charge on any atom is 0.336 e. The van der Waals surface area contributed by atoms with Crippen molar-refractivity contribution in [3.05, 3.63) is 56.9 Å². The molecule has 0 spiro atoms. The average Bonchev–Trinajstić information content (AvgIpc) is 2.67. The number of benzene rings is 2. The van der Waals surface area contributed by atoms with Gasteiger partial charge in [-0.15, -0.1) is 0 Å². The molecular formula is C20H18ClNO5. The quantitative estimate of drug-likeness (QED) is 0.630. The van der Waals surface area contributed by atoms with E-state index >= 15 is 0 Å². The summed E-state index contributed by atoms with van der Waals surface area (Å²) in [5.41, 5.74) is 2.61. The molecule has 0 aliphatic carbocycles. The van der Waals surface area contributed by atoms with Crippen LogP contribution in [0.3, 0.4) is 0 Å². The van der Waals surface area contributed by atoms with Gasteiger partial charge in [0.2, 0.25) is 0 Å². The van der Waals surface area contributed by atoms with Crippen LogP contribution in [0.25, 0.3) is 11.0 Å². The molecule has 0 atom stereocenters. The summed E-state index contributed by atoms with van der Waals surface area (Å²) in [6.07, 6.45) is 0. The van der Waals surface area contributed by atoms with E-state index in [-0.39, 0.29) is 5.63 Å². The van der Waals surface area contributed by atoms with Gasteiger partial charge in [0.15, 0.2) is 6.73 Å². The van der Waals surface area contributed by atoms with Gasteiger partial charge >= 0.3 is 5.63 Å². The van der Waals surface area contributed by atoms with E-state index in [1.54, 1.807) is 26.4 Å². The molecule has 0 fully saturated rings. The van der Waals surface area contributed by atoms with E-state index in [0.29, 0.717) is 41.1 Å². The molecule has 1 aliphatic heterocycles. The van der Waals surface area contributed by atoms with Gasteiger partial charge in [-0.3, -0.25) is 0 Å². The lowest BCUT2D eigenvalue weighted by molar-refractivity contribution is 0.286. The van der Waals surface area contributed by atoms with Gasteiger partial charge in [0.05, 0.1) is 37.0 Å². The van der Waals surface area contributed by atoms with Crippen LogP contribution >= 0.6 is 11.6 Å². The minimum atomic E-state index is -0.379. The molecule has 0 radical (unpaired) electrons. The van der Waals surface area contributed by atoms with Crippen LogP contribution in [-0.2, 0) is 6.54 Å². The summed E-state index contributed by atoms with van der Waals surface area (Å²) in [7, 11) is 3.14. The summed E-state index contributed by atoms with van der Waals surface area (Å²) >= 11 is 6.31. The summed E-state index contributed by atoms with van der Waals surface area (Å²) in [6, 6.07) is 8.82. The monoisotopic (exact) mass is 387 g/mol. The van der Waals surface area contributed by atoms with Gasteiger partial charge in [-0.1, -0.05) is 11.6 Å². The lowest BCUT2D eigenvalue weighted by Gasteiger charge is -2.32. The number of anilines is 1. The minimum Gasteiger partial charge on any atom is -0.495 e. The smallest absolute Gasteiger partial charge is 0.336 e. The lowest BCUT2D eigenvalue weighted by Crippen LogP contribution is -2.32. The Morgan fingerprint density at radius 2 is 1.89 bits per heavy atom. The van der Waals surface area contributed by atoms with E-state index in [4.69, 9.17) is 30.2 Å². The van der Waals surface area contributed by atoms with Crippen LogP contribution in [0.5, 0.6) is 17.2 Å². The summed E-state index contributed by atoms with van der Waals surface area (Å²) < 4.78 is 22.2. The van der Waals surface area contributed by atoms with Gasteiger partial charge in [0.25, 0.3) is 0 Å². The topological polar surface area (TPSA) is 61.1 Å². The Balaban J connectivity index is 1.83. The Hall–Kier alpha value is -2.86. The van der Waals surface area contributed by atoms with Gasteiger partial charge < -0.3 is 23.5 Å². The van der Waals surface area contributed by atoms with Crippen molar-refractivity contribution in [3.8, 4) is 17.2 Å². The predicted molar refractivity (Wildman–Crippen MR) is 103 cm³/mol. The Labute approximate surface area is 160 Å². The fraction of sp³-hybridized carbons (Fsp3) is 0.250. The first-order chi connectivity index (χ1) is 13.0. The van der Waals surface area contributed by atoms with Crippen molar-refractivity contribution in [1.29, 1.82) is 0 Å². The zero-order valence-electron chi connectivity index (χ0n) is 15.2. The zero-order valence-corrected chi connectivity index (χ0v) is 15.9. The number of halogens is 1. The summed E-state index contributed by atoms with van der Waals surface area (Å²) in [6.45, 7) is 2.69. The average molecular weight is 388 g/mol. The first-order valence-corrected chi connectivity index (χ1v) is 8.75. The number of methoxy groups -OCH3 is 2. The fourth-order valence-electron chi connectivity index (χ4n) is 3.34. The van der Waals surface area contributed by atoms with Crippen LogP contribution in [0.4, 0.5) is 5.69 Å². The second-order valence-electron chi connectivity index (χ2n) is 6.30. The number of hydrogen-bond acceptors (Lipinski definition) is 6. The predicted octanol–water partition coefficient (Wildman–Crippen LogP) is 4.13. The van der Waals surface area contributed by atoms with Crippen LogP contribution in [-0.4, -0.2) is 21.0 Å². The summed E-state index contributed by atoms with van der Waals surface area (Å²) in [5.74, 6) is 1.84. The lowest BCUT2D eigenvalue weighted by atomic mass is 10.0. The molecule has 140 valence electrons. The molecule has 0 amide bonds. The van der Waals surface area contributed by atoms with Crippen molar-refractivity contribution in [3.63, 3.8) is 0 Å². The largest absolute Gasteiger partial charge is 0.495 e. The first kappa shape index (κ1) is 17.5. The highest BCUT2D eigenvalue weighted by Crippen LogP contribution is 2.41. The van der Waals surface area contributed by atoms with E-state index in [1.165, 1.54) is 6.07 Å². The van der Waals surface area contributed by atoms with E-state index in [9.17, 15) is 4.79 Å². The van der Waals surface area contributed by atoms with E-state index in [2.05, 4.69) is 0 Å². The summed E-state index contributed by atoms with van der Waals surface area (Å²) in [5, 5.41) is 1.36. The van der Waals surface area contributed by atoms with Crippen molar-refractivity contribution in [2.24, 2.45) is 0 Å². The van der Waals surface area contributed by atoms with Crippen molar-refractivity contribution in [2.75, 3.05) is 25.9 Å². The van der Waals surface area contributed by atoms with Crippen LogP contribution in [0.2, 0.25) is 5.02 Å². The second-order valence-corrected chi connectivity index (χ2v) is 6.70. The highest BCUT2D eigenvalue weighted by Gasteiger charge is 2.25. The molecule has 2 heterocycles. The molecule has 0 saturated heterocycles. The number of aryl methyl sites for hydroxylation is 1. The molecule has 0 unspecified atom stereocenters. The first-order valence-electron chi connectivity index (χ1n) is 8.37. The molecule has 0 N–H and O–H groups in total. The van der Waals surface area contributed by atoms with Gasteiger partial charge in [-0.05, 0) is 30.7 Å². The molecule has 1 aliphatic rings. The van der Waals surface area contributed by atoms with Crippen LogP contribution in [0.1, 0.15) is 11.1 Å². The summed E-state index contributed by atoms with van der Waals surface area (Å²) in [4.78, 5) is 13.9. The zero-order chi connectivity index (χ0) is 19.1. The molecular weight excluding hydrogens is 370 g/mol. The molecule has 6 nitrogen and oxygen atoms in total. The third-order valence-electron chi connectivity index (χ3n) is 4.70. The standard InChI is InChI=1S/C20H18ClNO5/c1-11-6-19(23)27-20-12(11)4-5-16-13(20)9-22(10-26-16)15-7-14(21)17(24-2)8-18(15)25-3/h4-8H,9-10H2,1-3H3. The maximum atomic E-state index is 11.9. The van der Waals surface area contributed by atoms with E-state index in [1.807, 2.05) is 24.0 Å². The Morgan fingerprint density at radius 1 is 1.11 bits per heavy atom. The maximum absolute atomic E-state index is 11.9. The molecule has 0 bridgehead atoms. The third kappa shape index (κ3) is 2.96. The molecule has 27 heavy (non-hydrogen) atoms. The molecule has 4 rings (SSSR count). The molecule has 0 saturated carbocycles. The van der Waals surface area contributed by atoms with Crippen molar-refractivity contribution in [2.45, 2.75) is 13.5 Å². The highest BCUT2D eigenvalue weighted by atomic mass is 35.5. The van der Waals surface area contributed by atoms with E-state index in [0.717, 1.165) is 22.2 Å². The van der Waals surface area contributed by atoms with Crippen molar-refractivity contribution < 1.29 is 18.6 Å². The van der Waals surface area contributed by atoms with Crippen molar-refractivity contribution in [1.82, 2.24) is 0 Å². The minimum absolute atomic E-state index is 0.313. The van der Waals surface area contributed by atoms with Crippen LogP contribution in [0, 0.1) is 6.92 Å². The number of ether oxygens (including phenoxy) is 3. The van der Waals surface area contributed by atoms with Crippen LogP contribution in [0.15, 0.2) is 39.5 Å². The van der Waals surface area contributed by atoms with Crippen molar-refractivity contribution >= 4 is 28.3 Å². The van der Waals surface area contributed by atoms with Gasteiger partial charge in [-0.25, -0.2) is 4.79 Å². The normalized spacial score (nSPS) is 13.3.